The van der Waals surface area contributed by atoms with Crippen LogP contribution in [0.2, 0.25) is 0 Å². The Balaban J connectivity index is 2.77. The third-order valence-corrected chi connectivity index (χ3v) is 5.34. The molecule has 0 aromatic heterocycles. The molecular formula is C8H15ClO4S. The number of rotatable bonds is 6. The van der Waals surface area contributed by atoms with E-state index in [2.05, 4.69) is 0 Å². The highest BCUT2D eigenvalue weighted by atomic mass is 35.7. The summed E-state index contributed by atoms with van der Waals surface area (Å²) in [4.78, 5) is 0. The van der Waals surface area contributed by atoms with Crippen LogP contribution < -0.4 is 0 Å². The minimum Gasteiger partial charge on any atom is -0.384 e. The van der Waals surface area contributed by atoms with E-state index in [4.69, 9.17) is 20.2 Å². The van der Waals surface area contributed by atoms with Crippen LogP contribution in [0.4, 0.5) is 0 Å². The van der Waals surface area contributed by atoms with Gasteiger partial charge in [-0.1, -0.05) is 0 Å². The third kappa shape index (κ3) is 2.21. The van der Waals surface area contributed by atoms with E-state index >= 15 is 0 Å². The normalized spacial score (nSPS) is 20.0. The van der Waals surface area contributed by atoms with Crippen LogP contribution in [-0.4, -0.2) is 40.6 Å². The molecule has 4 nitrogen and oxygen atoms in total. The number of hydrogen-bond acceptors (Lipinski definition) is 4. The van der Waals surface area contributed by atoms with E-state index in [9.17, 15) is 8.42 Å². The molecule has 0 spiro atoms. The van der Waals surface area contributed by atoms with Crippen molar-refractivity contribution < 1.29 is 17.9 Å². The minimum absolute atomic E-state index is 0.167. The van der Waals surface area contributed by atoms with Gasteiger partial charge in [-0.3, -0.25) is 0 Å². The second-order valence-corrected chi connectivity index (χ2v) is 6.52. The highest BCUT2D eigenvalue weighted by Crippen LogP contribution is 2.51. The fourth-order valence-electron chi connectivity index (χ4n) is 1.73. The monoisotopic (exact) mass is 242 g/mol. The van der Waals surface area contributed by atoms with E-state index in [1.165, 1.54) is 0 Å². The first-order valence-corrected chi connectivity index (χ1v) is 6.71. The first-order valence-electron chi connectivity index (χ1n) is 4.40. The van der Waals surface area contributed by atoms with Gasteiger partial charge >= 0.3 is 0 Å². The van der Waals surface area contributed by atoms with Gasteiger partial charge in [-0.05, 0) is 12.8 Å². The topological polar surface area (TPSA) is 52.6 Å². The van der Waals surface area contributed by atoms with Crippen LogP contribution in [0.15, 0.2) is 0 Å². The van der Waals surface area contributed by atoms with Crippen molar-refractivity contribution >= 4 is 19.7 Å². The van der Waals surface area contributed by atoms with Gasteiger partial charge in [0.2, 0.25) is 9.05 Å². The molecular weight excluding hydrogens is 228 g/mol. The van der Waals surface area contributed by atoms with Gasteiger partial charge in [-0.15, -0.1) is 0 Å². The van der Waals surface area contributed by atoms with Crippen molar-refractivity contribution in [3.63, 3.8) is 0 Å². The molecule has 0 radical (unpaired) electrons. The van der Waals surface area contributed by atoms with Crippen molar-refractivity contribution in [1.82, 2.24) is 0 Å². The van der Waals surface area contributed by atoms with Gasteiger partial charge < -0.3 is 9.47 Å². The lowest BCUT2D eigenvalue weighted by Gasteiger charge is -2.22. The fraction of sp³-hybridized carbons (Fsp3) is 1.00. The van der Waals surface area contributed by atoms with E-state index in [0.29, 0.717) is 26.1 Å². The van der Waals surface area contributed by atoms with E-state index in [-0.39, 0.29) is 5.92 Å². The maximum Gasteiger partial charge on any atom is 0.238 e. The molecule has 0 aromatic rings. The minimum atomic E-state index is -3.52. The number of hydrogen-bond donors (Lipinski definition) is 0. The van der Waals surface area contributed by atoms with Gasteiger partial charge in [0.15, 0.2) is 0 Å². The first kappa shape index (κ1) is 12.2. The van der Waals surface area contributed by atoms with Gasteiger partial charge in [0, 0.05) is 30.8 Å². The Morgan fingerprint density at radius 2 is 1.71 bits per heavy atom. The fourth-order valence-corrected chi connectivity index (χ4v) is 3.69. The van der Waals surface area contributed by atoms with Crippen LogP contribution in [-0.2, 0) is 18.5 Å². The third-order valence-electron chi connectivity index (χ3n) is 2.71. The molecule has 0 unspecified atom stereocenters. The maximum atomic E-state index is 11.4. The number of ether oxygens (including phenoxy) is 2. The lowest BCUT2D eigenvalue weighted by atomic mass is 10.1. The smallest absolute Gasteiger partial charge is 0.238 e. The highest BCUT2D eigenvalue weighted by molar-refractivity contribution is 8.15. The Morgan fingerprint density at radius 3 is 1.93 bits per heavy atom. The molecule has 1 saturated carbocycles. The zero-order valence-corrected chi connectivity index (χ0v) is 9.90. The standard InChI is InChI=1S/C8H15ClO4S/c1-12-5-7(6-13-2)8(3-4-8)14(9,10)11/h7H,3-6H2,1-2H3. The molecule has 1 fully saturated rings. The van der Waals surface area contributed by atoms with E-state index in [0.717, 1.165) is 0 Å². The van der Waals surface area contributed by atoms with E-state index in [1.807, 2.05) is 0 Å². The van der Waals surface area contributed by atoms with Crippen LogP contribution in [0.25, 0.3) is 0 Å². The van der Waals surface area contributed by atoms with E-state index < -0.39 is 13.8 Å². The summed E-state index contributed by atoms with van der Waals surface area (Å²) in [6.45, 7) is 0.722. The summed E-state index contributed by atoms with van der Waals surface area (Å²) in [5.74, 6) is -0.167. The molecule has 0 aliphatic heterocycles. The summed E-state index contributed by atoms with van der Waals surface area (Å²) in [7, 11) is 4.97. The van der Waals surface area contributed by atoms with Crippen molar-refractivity contribution in [2.45, 2.75) is 17.6 Å². The Bertz CT molecular complexity index is 278. The Labute approximate surface area is 88.9 Å². The zero-order chi connectivity index (χ0) is 10.8. The van der Waals surface area contributed by atoms with Crippen LogP contribution in [0.1, 0.15) is 12.8 Å². The molecule has 0 aromatic carbocycles. The molecule has 0 saturated heterocycles. The second kappa shape index (κ2) is 4.35. The summed E-state index contributed by atoms with van der Waals surface area (Å²) in [5.41, 5.74) is 0. The van der Waals surface area contributed by atoms with Crippen molar-refractivity contribution in [3.05, 3.63) is 0 Å². The summed E-state index contributed by atoms with van der Waals surface area (Å²) in [6.07, 6.45) is 1.21. The van der Waals surface area contributed by atoms with Gasteiger partial charge in [-0.2, -0.15) is 0 Å². The van der Waals surface area contributed by atoms with Crippen LogP contribution in [0.5, 0.6) is 0 Å². The molecule has 14 heavy (non-hydrogen) atoms. The maximum absolute atomic E-state index is 11.4. The first-order chi connectivity index (χ1) is 6.48. The molecule has 0 amide bonds. The second-order valence-electron chi connectivity index (χ2n) is 3.61. The summed E-state index contributed by atoms with van der Waals surface area (Å²) in [6, 6.07) is 0. The molecule has 6 heteroatoms. The Morgan fingerprint density at radius 1 is 1.29 bits per heavy atom. The highest BCUT2D eigenvalue weighted by Gasteiger charge is 2.59. The molecule has 0 N–H and O–H groups in total. The van der Waals surface area contributed by atoms with Crippen LogP contribution in [0.3, 0.4) is 0 Å². The van der Waals surface area contributed by atoms with Crippen molar-refractivity contribution in [2.75, 3.05) is 27.4 Å². The van der Waals surface area contributed by atoms with Crippen molar-refractivity contribution in [2.24, 2.45) is 5.92 Å². The van der Waals surface area contributed by atoms with Crippen LogP contribution in [0, 0.1) is 5.92 Å². The predicted molar refractivity (Wildman–Crippen MR) is 54.0 cm³/mol. The lowest BCUT2D eigenvalue weighted by Crippen LogP contribution is -2.35. The van der Waals surface area contributed by atoms with Crippen molar-refractivity contribution in [3.8, 4) is 0 Å². The summed E-state index contributed by atoms with van der Waals surface area (Å²) < 4.78 is 31.9. The molecule has 84 valence electrons. The molecule has 0 bridgehead atoms. The zero-order valence-electron chi connectivity index (χ0n) is 8.32. The van der Waals surface area contributed by atoms with Gasteiger partial charge in [0.25, 0.3) is 0 Å². The summed E-state index contributed by atoms with van der Waals surface area (Å²) >= 11 is 0. The lowest BCUT2D eigenvalue weighted by molar-refractivity contribution is 0.0790. The average Bonchev–Trinajstić information content (AvgIpc) is 2.82. The number of methoxy groups -OCH3 is 2. The predicted octanol–water partition coefficient (Wildman–Crippen LogP) is 0.997. The quantitative estimate of drug-likeness (QED) is 0.652. The molecule has 1 aliphatic carbocycles. The average molecular weight is 243 g/mol. The van der Waals surface area contributed by atoms with Gasteiger partial charge in [-0.25, -0.2) is 8.42 Å². The molecule has 1 aliphatic rings. The van der Waals surface area contributed by atoms with E-state index in [1.54, 1.807) is 14.2 Å². The molecule has 0 heterocycles. The van der Waals surface area contributed by atoms with Gasteiger partial charge in [0.1, 0.15) is 0 Å². The Hall–Kier alpha value is 0.160. The molecule has 0 atom stereocenters. The number of halogens is 1. The Kier molecular flexibility index (Phi) is 3.80. The SMILES string of the molecule is COCC(COC)C1(S(=O)(=O)Cl)CC1. The van der Waals surface area contributed by atoms with Crippen molar-refractivity contribution in [1.29, 1.82) is 0 Å². The largest absolute Gasteiger partial charge is 0.384 e. The van der Waals surface area contributed by atoms with Crippen LogP contribution >= 0.6 is 10.7 Å². The summed E-state index contributed by atoms with van der Waals surface area (Å²) in [5, 5.41) is 0. The molecule has 1 rings (SSSR count). The van der Waals surface area contributed by atoms with Gasteiger partial charge in [0.05, 0.1) is 18.0 Å².